The Morgan fingerprint density at radius 1 is 1.13 bits per heavy atom. The Morgan fingerprint density at radius 3 is 2.71 bits per heavy atom. The van der Waals surface area contributed by atoms with Crippen molar-refractivity contribution in [3.63, 3.8) is 0 Å². The SMILES string of the molecule is CS(=O)(=O)c1cn[nH]c1CC1CCCN(Cc2ccccc2OCc2ccccc2)C1. The summed E-state index contributed by atoms with van der Waals surface area (Å²) in [6.07, 6.45) is 5.54. The van der Waals surface area contributed by atoms with E-state index in [4.69, 9.17) is 4.74 Å². The fraction of sp³-hybridized carbons (Fsp3) is 0.375. The van der Waals surface area contributed by atoms with E-state index in [0.717, 1.165) is 49.5 Å². The second kappa shape index (κ2) is 9.66. The fourth-order valence-corrected chi connectivity index (χ4v) is 5.09. The number of likely N-dealkylation sites (tertiary alicyclic amines) is 1. The molecule has 31 heavy (non-hydrogen) atoms. The third-order valence-electron chi connectivity index (χ3n) is 5.78. The molecule has 1 N–H and O–H groups in total. The van der Waals surface area contributed by atoms with Crippen LogP contribution >= 0.6 is 0 Å². The zero-order chi connectivity index (χ0) is 21.7. The number of aromatic amines is 1. The summed E-state index contributed by atoms with van der Waals surface area (Å²) >= 11 is 0. The molecule has 164 valence electrons. The molecule has 2 aromatic carbocycles. The Bertz CT molecular complexity index is 1100. The number of para-hydroxylation sites is 1. The van der Waals surface area contributed by atoms with Crippen molar-refractivity contribution in [1.82, 2.24) is 15.1 Å². The van der Waals surface area contributed by atoms with E-state index in [1.165, 1.54) is 18.0 Å². The molecule has 1 saturated heterocycles. The van der Waals surface area contributed by atoms with Gasteiger partial charge in [0.15, 0.2) is 9.84 Å². The molecule has 1 aliphatic heterocycles. The molecular weight excluding hydrogens is 410 g/mol. The molecule has 0 bridgehead atoms. The third-order valence-corrected chi connectivity index (χ3v) is 6.93. The Kier molecular flexibility index (Phi) is 6.73. The molecule has 0 spiro atoms. The molecule has 0 aliphatic carbocycles. The number of rotatable bonds is 8. The number of nitrogens with zero attached hydrogens (tertiary/aromatic N) is 2. The zero-order valence-corrected chi connectivity index (χ0v) is 18.6. The average molecular weight is 440 g/mol. The van der Waals surface area contributed by atoms with Crippen molar-refractivity contribution in [2.24, 2.45) is 5.92 Å². The monoisotopic (exact) mass is 439 g/mol. The van der Waals surface area contributed by atoms with Gasteiger partial charge in [0.1, 0.15) is 17.3 Å². The lowest BCUT2D eigenvalue weighted by Gasteiger charge is -2.33. The van der Waals surface area contributed by atoms with Crippen molar-refractivity contribution in [1.29, 1.82) is 0 Å². The number of aromatic nitrogens is 2. The van der Waals surface area contributed by atoms with Crippen LogP contribution in [0, 0.1) is 5.92 Å². The van der Waals surface area contributed by atoms with Crippen LogP contribution in [0.25, 0.3) is 0 Å². The summed E-state index contributed by atoms with van der Waals surface area (Å²) in [7, 11) is -3.26. The Labute approximate surface area is 184 Å². The molecule has 6 nitrogen and oxygen atoms in total. The number of hydrogen-bond acceptors (Lipinski definition) is 5. The summed E-state index contributed by atoms with van der Waals surface area (Å²) in [5.41, 5.74) is 3.05. The topological polar surface area (TPSA) is 75.3 Å². The summed E-state index contributed by atoms with van der Waals surface area (Å²) in [6.45, 7) is 3.33. The van der Waals surface area contributed by atoms with Crippen LogP contribution in [0.3, 0.4) is 0 Å². The van der Waals surface area contributed by atoms with Gasteiger partial charge in [-0.25, -0.2) is 8.42 Å². The van der Waals surface area contributed by atoms with Crippen LogP contribution in [0.15, 0.2) is 65.7 Å². The minimum atomic E-state index is -3.26. The average Bonchev–Trinajstić information content (AvgIpc) is 3.23. The molecule has 1 aliphatic rings. The van der Waals surface area contributed by atoms with Crippen molar-refractivity contribution in [3.05, 3.63) is 77.6 Å². The molecule has 1 aromatic heterocycles. The number of H-pyrrole nitrogens is 1. The summed E-state index contributed by atoms with van der Waals surface area (Å²) in [5.74, 6) is 1.31. The molecule has 7 heteroatoms. The van der Waals surface area contributed by atoms with Crippen LogP contribution < -0.4 is 4.74 Å². The van der Waals surface area contributed by atoms with Gasteiger partial charge in [-0.1, -0.05) is 48.5 Å². The van der Waals surface area contributed by atoms with Gasteiger partial charge >= 0.3 is 0 Å². The highest BCUT2D eigenvalue weighted by molar-refractivity contribution is 7.90. The molecule has 1 unspecified atom stereocenters. The van der Waals surface area contributed by atoms with Gasteiger partial charge in [-0.3, -0.25) is 10.00 Å². The lowest BCUT2D eigenvalue weighted by atomic mass is 9.93. The first-order valence-electron chi connectivity index (χ1n) is 10.7. The molecule has 0 amide bonds. The highest BCUT2D eigenvalue weighted by Gasteiger charge is 2.24. The van der Waals surface area contributed by atoms with Crippen molar-refractivity contribution >= 4 is 9.84 Å². The van der Waals surface area contributed by atoms with Gasteiger partial charge in [0, 0.05) is 24.9 Å². The predicted octanol–water partition coefficient (Wildman–Crippen LogP) is 3.85. The molecule has 1 atom stereocenters. The maximum atomic E-state index is 12.0. The summed E-state index contributed by atoms with van der Waals surface area (Å²) < 4.78 is 30.1. The summed E-state index contributed by atoms with van der Waals surface area (Å²) in [4.78, 5) is 2.76. The van der Waals surface area contributed by atoms with E-state index in [0.29, 0.717) is 23.8 Å². The first kappa shape index (κ1) is 21.6. The fourth-order valence-electron chi connectivity index (χ4n) is 4.27. The standard InChI is InChI=1S/C24H29N3O3S/c1-31(28,29)24-15-25-26-22(24)14-20-10-7-13-27(16-20)17-21-11-5-6-12-23(21)30-18-19-8-3-2-4-9-19/h2-6,8-9,11-12,15,20H,7,10,13-14,16-18H2,1H3,(H,25,26). The predicted molar refractivity (Wildman–Crippen MR) is 121 cm³/mol. The minimum absolute atomic E-state index is 0.323. The summed E-state index contributed by atoms with van der Waals surface area (Å²) in [6, 6.07) is 18.4. The van der Waals surface area contributed by atoms with Crippen LogP contribution in [-0.4, -0.2) is 42.9 Å². The highest BCUT2D eigenvalue weighted by atomic mass is 32.2. The van der Waals surface area contributed by atoms with Crippen LogP contribution in [0.5, 0.6) is 5.75 Å². The quantitative estimate of drug-likeness (QED) is 0.577. The normalized spacial score (nSPS) is 17.5. The van der Waals surface area contributed by atoms with E-state index < -0.39 is 9.84 Å². The molecule has 0 radical (unpaired) electrons. The first-order valence-corrected chi connectivity index (χ1v) is 12.6. The van der Waals surface area contributed by atoms with Crippen LogP contribution in [-0.2, 0) is 29.4 Å². The van der Waals surface area contributed by atoms with Gasteiger partial charge in [-0.05, 0) is 43.4 Å². The second-order valence-electron chi connectivity index (χ2n) is 8.31. The number of sulfone groups is 1. The van der Waals surface area contributed by atoms with Gasteiger partial charge in [0.05, 0.1) is 11.9 Å². The van der Waals surface area contributed by atoms with Crippen molar-refractivity contribution < 1.29 is 13.2 Å². The molecule has 4 rings (SSSR count). The second-order valence-corrected chi connectivity index (χ2v) is 10.3. The largest absolute Gasteiger partial charge is 0.489 e. The zero-order valence-electron chi connectivity index (χ0n) is 17.8. The highest BCUT2D eigenvalue weighted by Crippen LogP contribution is 2.27. The van der Waals surface area contributed by atoms with Crippen LogP contribution in [0.1, 0.15) is 29.7 Å². The Hall–Kier alpha value is -2.64. The smallest absolute Gasteiger partial charge is 0.178 e. The van der Waals surface area contributed by atoms with E-state index >= 15 is 0 Å². The number of hydrogen-bond donors (Lipinski definition) is 1. The molecular formula is C24H29N3O3S. The minimum Gasteiger partial charge on any atom is -0.489 e. The lowest BCUT2D eigenvalue weighted by Crippen LogP contribution is -2.36. The lowest BCUT2D eigenvalue weighted by molar-refractivity contribution is 0.163. The van der Waals surface area contributed by atoms with E-state index in [1.54, 1.807) is 0 Å². The van der Waals surface area contributed by atoms with Gasteiger partial charge < -0.3 is 4.74 Å². The van der Waals surface area contributed by atoms with Crippen molar-refractivity contribution in [2.45, 2.75) is 37.3 Å². The van der Waals surface area contributed by atoms with Crippen molar-refractivity contribution in [3.8, 4) is 5.75 Å². The van der Waals surface area contributed by atoms with Gasteiger partial charge in [-0.15, -0.1) is 0 Å². The molecule has 1 fully saturated rings. The van der Waals surface area contributed by atoms with Crippen molar-refractivity contribution in [2.75, 3.05) is 19.3 Å². The van der Waals surface area contributed by atoms with Crippen LogP contribution in [0.4, 0.5) is 0 Å². The third kappa shape index (κ3) is 5.74. The van der Waals surface area contributed by atoms with Gasteiger partial charge in [0.25, 0.3) is 0 Å². The molecule has 0 saturated carbocycles. The number of piperidine rings is 1. The van der Waals surface area contributed by atoms with E-state index in [1.807, 2.05) is 30.3 Å². The van der Waals surface area contributed by atoms with Gasteiger partial charge in [0.2, 0.25) is 0 Å². The summed E-state index contributed by atoms with van der Waals surface area (Å²) in [5, 5.41) is 6.86. The first-order chi connectivity index (χ1) is 15.0. The number of ether oxygens (including phenoxy) is 1. The number of benzene rings is 2. The Balaban J connectivity index is 1.39. The molecule has 3 aromatic rings. The maximum Gasteiger partial charge on any atom is 0.178 e. The van der Waals surface area contributed by atoms with E-state index in [-0.39, 0.29) is 0 Å². The van der Waals surface area contributed by atoms with E-state index in [9.17, 15) is 8.42 Å². The van der Waals surface area contributed by atoms with E-state index in [2.05, 4.69) is 39.4 Å². The number of nitrogens with one attached hydrogen (secondary N) is 1. The van der Waals surface area contributed by atoms with Gasteiger partial charge in [-0.2, -0.15) is 5.10 Å². The van der Waals surface area contributed by atoms with Crippen LogP contribution in [0.2, 0.25) is 0 Å². The molecule has 2 heterocycles. The Morgan fingerprint density at radius 2 is 1.90 bits per heavy atom. The maximum absolute atomic E-state index is 12.0.